The minimum absolute atomic E-state index is 0.0497. The van der Waals surface area contributed by atoms with Crippen molar-refractivity contribution >= 4 is 0 Å². The molecule has 1 aliphatic rings. The SMILES string of the molecule is COc1cccc(CCc2nc(-c3nnn4c3CO[C@@H](c3ccc(C)cc3)C4)no2)c1. The highest BCUT2D eigenvalue weighted by atomic mass is 16.5. The molecule has 0 unspecified atom stereocenters. The van der Waals surface area contributed by atoms with Crippen molar-refractivity contribution in [3.8, 4) is 17.3 Å². The fourth-order valence-corrected chi connectivity index (χ4v) is 3.70. The van der Waals surface area contributed by atoms with E-state index >= 15 is 0 Å². The number of ether oxygens (including phenoxy) is 2. The van der Waals surface area contributed by atoms with E-state index < -0.39 is 0 Å². The lowest BCUT2D eigenvalue weighted by Crippen LogP contribution is -2.22. The third-order valence-electron chi connectivity index (χ3n) is 5.49. The van der Waals surface area contributed by atoms with Gasteiger partial charge in [0.2, 0.25) is 11.7 Å². The fraction of sp³-hybridized carbons (Fsp3) is 0.304. The lowest BCUT2D eigenvalue weighted by atomic mass is 10.1. The molecule has 0 bridgehead atoms. The smallest absolute Gasteiger partial charge is 0.227 e. The topological polar surface area (TPSA) is 88.1 Å². The van der Waals surface area contributed by atoms with E-state index in [0.29, 0.717) is 37.0 Å². The first kappa shape index (κ1) is 19.4. The van der Waals surface area contributed by atoms with Crippen LogP contribution in [0.15, 0.2) is 53.1 Å². The van der Waals surface area contributed by atoms with Crippen LogP contribution in [0.4, 0.5) is 0 Å². The molecule has 2 aromatic heterocycles. The average molecular weight is 417 g/mol. The number of fused-ring (bicyclic) bond motifs is 1. The molecule has 0 saturated heterocycles. The Labute approximate surface area is 179 Å². The molecule has 1 aliphatic heterocycles. The molecule has 0 spiro atoms. The molecule has 0 N–H and O–H groups in total. The first-order chi connectivity index (χ1) is 15.2. The zero-order valence-electron chi connectivity index (χ0n) is 17.5. The molecule has 8 nitrogen and oxygen atoms in total. The van der Waals surface area contributed by atoms with E-state index in [4.69, 9.17) is 14.0 Å². The maximum atomic E-state index is 6.09. The summed E-state index contributed by atoms with van der Waals surface area (Å²) in [5.74, 6) is 1.84. The van der Waals surface area contributed by atoms with E-state index in [1.165, 1.54) is 5.56 Å². The minimum Gasteiger partial charge on any atom is -0.497 e. The van der Waals surface area contributed by atoms with Gasteiger partial charge in [0.15, 0.2) is 5.69 Å². The van der Waals surface area contributed by atoms with Gasteiger partial charge in [-0.25, -0.2) is 4.68 Å². The Hall–Kier alpha value is -3.52. The van der Waals surface area contributed by atoms with Gasteiger partial charge < -0.3 is 14.0 Å². The molecule has 0 fully saturated rings. The first-order valence-electron chi connectivity index (χ1n) is 10.3. The predicted octanol–water partition coefficient (Wildman–Crippen LogP) is 3.70. The molecule has 2 aromatic carbocycles. The van der Waals surface area contributed by atoms with Crippen molar-refractivity contribution in [1.29, 1.82) is 0 Å². The van der Waals surface area contributed by atoms with Crippen LogP contribution >= 0.6 is 0 Å². The van der Waals surface area contributed by atoms with Crippen LogP contribution in [0, 0.1) is 6.92 Å². The number of hydrogen-bond donors (Lipinski definition) is 0. The number of aromatic nitrogens is 5. The number of nitrogens with zero attached hydrogens (tertiary/aromatic N) is 5. The van der Waals surface area contributed by atoms with E-state index in [2.05, 4.69) is 57.7 Å². The lowest BCUT2D eigenvalue weighted by Gasteiger charge is -2.24. The van der Waals surface area contributed by atoms with Crippen molar-refractivity contribution in [2.24, 2.45) is 0 Å². The first-order valence-corrected chi connectivity index (χ1v) is 10.3. The molecule has 0 saturated carbocycles. The van der Waals surface area contributed by atoms with Gasteiger partial charge >= 0.3 is 0 Å². The van der Waals surface area contributed by atoms with Crippen molar-refractivity contribution in [2.45, 2.75) is 39.0 Å². The fourth-order valence-electron chi connectivity index (χ4n) is 3.70. The maximum Gasteiger partial charge on any atom is 0.227 e. The third-order valence-corrected chi connectivity index (χ3v) is 5.49. The third kappa shape index (κ3) is 4.06. The van der Waals surface area contributed by atoms with Gasteiger partial charge in [-0.2, -0.15) is 4.98 Å². The average Bonchev–Trinajstić information content (AvgIpc) is 3.44. The highest BCUT2D eigenvalue weighted by Gasteiger charge is 2.27. The molecular formula is C23H23N5O3. The highest BCUT2D eigenvalue weighted by Crippen LogP contribution is 2.30. The zero-order valence-corrected chi connectivity index (χ0v) is 17.5. The van der Waals surface area contributed by atoms with Crippen molar-refractivity contribution in [2.75, 3.05) is 7.11 Å². The Bertz CT molecular complexity index is 1180. The number of benzene rings is 2. The molecule has 4 aromatic rings. The van der Waals surface area contributed by atoms with Crippen LogP contribution in [0.5, 0.6) is 5.75 Å². The molecule has 0 aliphatic carbocycles. The van der Waals surface area contributed by atoms with Crippen LogP contribution in [0.1, 0.15) is 34.4 Å². The summed E-state index contributed by atoms with van der Waals surface area (Å²) in [5, 5.41) is 12.7. The lowest BCUT2D eigenvalue weighted by molar-refractivity contribution is -0.00112. The van der Waals surface area contributed by atoms with Gasteiger partial charge in [-0.05, 0) is 36.6 Å². The van der Waals surface area contributed by atoms with E-state index in [1.54, 1.807) is 7.11 Å². The van der Waals surface area contributed by atoms with Crippen LogP contribution in [-0.4, -0.2) is 32.2 Å². The highest BCUT2D eigenvalue weighted by molar-refractivity contribution is 5.51. The van der Waals surface area contributed by atoms with E-state index in [-0.39, 0.29) is 6.10 Å². The van der Waals surface area contributed by atoms with Gasteiger partial charge in [-0.1, -0.05) is 52.3 Å². The zero-order chi connectivity index (χ0) is 21.2. The summed E-state index contributed by atoms with van der Waals surface area (Å²) in [6.45, 7) is 3.07. The summed E-state index contributed by atoms with van der Waals surface area (Å²) in [4.78, 5) is 4.52. The van der Waals surface area contributed by atoms with E-state index in [9.17, 15) is 0 Å². The van der Waals surface area contributed by atoms with Gasteiger partial charge in [0.25, 0.3) is 0 Å². The molecule has 31 heavy (non-hydrogen) atoms. The summed E-state index contributed by atoms with van der Waals surface area (Å²) in [5.41, 5.74) is 4.98. The second kappa shape index (κ2) is 8.31. The standard InChI is InChI=1S/C23H23N5O3/c1-15-6-9-17(10-7-15)20-13-28-19(14-30-20)22(25-27-28)23-24-21(31-26-23)11-8-16-4-3-5-18(12-16)29-2/h3-7,9-10,12,20H,8,11,13-14H2,1-2H3/t20-/m1/s1. The van der Waals surface area contributed by atoms with Crippen LogP contribution in [-0.2, 0) is 30.7 Å². The molecule has 1 atom stereocenters. The van der Waals surface area contributed by atoms with Gasteiger partial charge in [-0.3, -0.25) is 0 Å². The molecule has 0 radical (unpaired) electrons. The van der Waals surface area contributed by atoms with E-state index in [1.807, 2.05) is 22.9 Å². The largest absolute Gasteiger partial charge is 0.497 e. The molecule has 0 amide bonds. The Morgan fingerprint density at radius 2 is 2.00 bits per heavy atom. The van der Waals surface area contributed by atoms with Crippen molar-refractivity contribution in [3.05, 3.63) is 76.8 Å². The maximum absolute atomic E-state index is 6.09. The number of rotatable bonds is 6. The molecular weight excluding hydrogens is 394 g/mol. The molecule has 3 heterocycles. The summed E-state index contributed by atoms with van der Waals surface area (Å²) in [7, 11) is 1.66. The Morgan fingerprint density at radius 3 is 2.84 bits per heavy atom. The molecule has 8 heteroatoms. The number of methoxy groups -OCH3 is 1. The van der Waals surface area contributed by atoms with E-state index in [0.717, 1.165) is 29.0 Å². The Morgan fingerprint density at radius 1 is 1.13 bits per heavy atom. The van der Waals surface area contributed by atoms with Gasteiger partial charge in [0.1, 0.15) is 11.9 Å². The van der Waals surface area contributed by atoms with Crippen molar-refractivity contribution in [1.82, 2.24) is 25.1 Å². The number of aryl methyl sites for hydroxylation is 3. The van der Waals surface area contributed by atoms with Crippen LogP contribution in [0.2, 0.25) is 0 Å². The molecule has 5 rings (SSSR count). The Kier molecular flexibility index (Phi) is 5.21. The van der Waals surface area contributed by atoms with Crippen LogP contribution in [0.25, 0.3) is 11.5 Å². The second-order valence-electron chi connectivity index (χ2n) is 7.64. The second-order valence-corrected chi connectivity index (χ2v) is 7.64. The predicted molar refractivity (Wildman–Crippen MR) is 112 cm³/mol. The summed E-state index contributed by atoms with van der Waals surface area (Å²) >= 11 is 0. The van der Waals surface area contributed by atoms with Crippen LogP contribution in [0.3, 0.4) is 0 Å². The summed E-state index contributed by atoms with van der Waals surface area (Å²) < 4.78 is 18.7. The quantitative estimate of drug-likeness (QED) is 0.473. The molecule has 158 valence electrons. The van der Waals surface area contributed by atoms with Gasteiger partial charge in [0, 0.05) is 6.42 Å². The Balaban J connectivity index is 1.28. The summed E-state index contributed by atoms with van der Waals surface area (Å²) in [6.07, 6.45) is 1.36. The van der Waals surface area contributed by atoms with Gasteiger partial charge in [-0.15, -0.1) is 5.10 Å². The van der Waals surface area contributed by atoms with Crippen LogP contribution < -0.4 is 4.74 Å². The normalized spacial score (nSPS) is 15.6. The van der Waals surface area contributed by atoms with Crippen molar-refractivity contribution in [3.63, 3.8) is 0 Å². The number of hydrogen-bond acceptors (Lipinski definition) is 7. The van der Waals surface area contributed by atoms with Crippen molar-refractivity contribution < 1.29 is 14.0 Å². The summed E-state index contributed by atoms with van der Waals surface area (Å²) in [6, 6.07) is 16.3. The monoisotopic (exact) mass is 417 g/mol. The minimum atomic E-state index is -0.0497. The van der Waals surface area contributed by atoms with Gasteiger partial charge in [0.05, 0.1) is 26.0 Å².